The molecular weight excluding hydrogens is 358 g/mol. The van der Waals surface area contributed by atoms with Crippen LogP contribution in [0.4, 0.5) is 0 Å². The average Bonchev–Trinajstić information content (AvgIpc) is 2.74. The minimum atomic E-state index is -1.10. The summed E-state index contributed by atoms with van der Waals surface area (Å²) in [6.45, 7) is 3.88. The fraction of sp³-hybridized carbons (Fsp3) is 0.409. The van der Waals surface area contributed by atoms with Crippen molar-refractivity contribution in [1.82, 2.24) is 4.90 Å². The molecule has 0 amide bonds. The second kappa shape index (κ2) is 8.52. The number of fused-ring (bicyclic) bond motifs is 1. The summed E-state index contributed by atoms with van der Waals surface area (Å²) in [6.07, 6.45) is 2.06. The number of ether oxygens (including phenoxy) is 3. The van der Waals surface area contributed by atoms with Crippen LogP contribution in [0, 0.1) is 0 Å². The van der Waals surface area contributed by atoms with E-state index in [9.17, 15) is 9.90 Å². The first-order valence-electron chi connectivity index (χ1n) is 9.81. The third-order valence-electron chi connectivity index (χ3n) is 5.21. The summed E-state index contributed by atoms with van der Waals surface area (Å²) in [5.74, 6) is 0.710. The quantitative estimate of drug-likeness (QED) is 0.823. The molecule has 2 aliphatic heterocycles. The van der Waals surface area contributed by atoms with Gasteiger partial charge in [0.05, 0.1) is 0 Å². The highest BCUT2D eigenvalue weighted by Gasteiger charge is 2.38. The van der Waals surface area contributed by atoms with Crippen molar-refractivity contribution < 1.29 is 24.1 Å². The lowest BCUT2D eigenvalue weighted by Gasteiger charge is -2.31. The molecule has 0 aliphatic carbocycles. The maximum atomic E-state index is 11.7. The number of hydrogen-bond acceptors (Lipinski definition) is 5. The van der Waals surface area contributed by atoms with E-state index in [0.29, 0.717) is 18.1 Å². The van der Waals surface area contributed by atoms with E-state index in [-0.39, 0.29) is 0 Å². The van der Waals surface area contributed by atoms with Gasteiger partial charge in [-0.05, 0) is 55.8 Å². The van der Waals surface area contributed by atoms with Crippen molar-refractivity contribution in [3.05, 3.63) is 54.1 Å². The Hall–Kier alpha value is -2.73. The lowest BCUT2D eigenvalue weighted by Crippen LogP contribution is -2.39. The number of piperidine rings is 1. The number of benzene rings is 2. The SMILES string of the molecule is O=C(O)C1Oc2ccccc2OC1c1ccc(OCCN2CCCCC2)cc1. The average molecular weight is 383 g/mol. The maximum absolute atomic E-state index is 11.7. The predicted molar refractivity (Wildman–Crippen MR) is 104 cm³/mol. The van der Waals surface area contributed by atoms with Gasteiger partial charge >= 0.3 is 5.97 Å². The summed E-state index contributed by atoms with van der Waals surface area (Å²) in [4.78, 5) is 14.1. The molecule has 6 heteroatoms. The molecule has 0 bridgehead atoms. The Bertz CT molecular complexity index is 801. The maximum Gasteiger partial charge on any atom is 0.349 e. The van der Waals surface area contributed by atoms with Crippen molar-refractivity contribution in [1.29, 1.82) is 0 Å². The molecule has 0 aromatic heterocycles. The molecule has 4 rings (SSSR count). The van der Waals surface area contributed by atoms with Crippen LogP contribution in [-0.2, 0) is 4.79 Å². The van der Waals surface area contributed by atoms with Crippen LogP contribution in [0.5, 0.6) is 17.2 Å². The fourth-order valence-corrected chi connectivity index (χ4v) is 3.69. The number of carboxylic acids is 1. The zero-order chi connectivity index (χ0) is 19.3. The van der Waals surface area contributed by atoms with Gasteiger partial charge in [-0.15, -0.1) is 0 Å². The topological polar surface area (TPSA) is 68.2 Å². The molecule has 2 aliphatic rings. The van der Waals surface area contributed by atoms with Gasteiger partial charge in [0.15, 0.2) is 17.6 Å². The number of carbonyl (C=O) groups is 1. The van der Waals surface area contributed by atoms with Crippen LogP contribution in [-0.4, -0.2) is 48.3 Å². The van der Waals surface area contributed by atoms with Gasteiger partial charge in [-0.25, -0.2) is 4.79 Å². The van der Waals surface area contributed by atoms with Crippen molar-refractivity contribution >= 4 is 5.97 Å². The highest BCUT2D eigenvalue weighted by molar-refractivity contribution is 5.75. The largest absolute Gasteiger partial charge is 0.492 e. The molecule has 2 heterocycles. The first kappa shape index (κ1) is 18.6. The van der Waals surface area contributed by atoms with Crippen LogP contribution >= 0.6 is 0 Å². The van der Waals surface area contributed by atoms with Crippen molar-refractivity contribution in [2.75, 3.05) is 26.2 Å². The molecule has 2 atom stereocenters. The minimum Gasteiger partial charge on any atom is -0.492 e. The van der Waals surface area contributed by atoms with E-state index in [2.05, 4.69) is 4.90 Å². The zero-order valence-electron chi connectivity index (χ0n) is 15.8. The summed E-state index contributed by atoms with van der Waals surface area (Å²) in [5, 5.41) is 9.56. The van der Waals surface area contributed by atoms with Crippen LogP contribution in [0.25, 0.3) is 0 Å². The van der Waals surface area contributed by atoms with Gasteiger partial charge in [0.1, 0.15) is 12.4 Å². The second-order valence-corrected chi connectivity index (χ2v) is 7.18. The molecule has 1 fully saturated rings. The molecule has 148 valence electrons. The fourth-order valence-electron chi connectivity index (χ4n) is 3.69. The number of para-hydroxylation sites is 2. The third-order valence-corrected chi connectivity index (χ3v) is 5.21. The normalized spacial score (nSPS) is 21.9. The van der Waals surface area contributed by atoms with Crippen LogP contribution < -0.4 is 14.2 Å². The van der Waals surface area contributed by atoms with Crippen LogP contribution in [0.3, 0.4) is 0 Å². The Labute approximate surface area is 164 Å². The van der Waals surface area contributed by atoms with E-state index in [1.54, 1.807) is 18.2 Å². The molecule has 2 aromatic rings. The van der Waals surface area contributed by atoms with Gasteiger partial charge in [0.2, 0.25) is 6.10 Å². The van der Waals surface area contributed by atoms with E-state index in [1.165, 1.54) is 19.3 Å². The van der Waals surface area contributed by atoms with Crippen molar-refractivity contribution in [3.8, 4) is 17.2 Å². The Morgan fingerprint density at radius 1 is 1.00 bits per heavy atom. The van der Waals surface area contributed by atoms with Crippen molar-refractivity contribution in [3.63, 3.8) is 0 Å². The Balaban J connectivity index is 1.40. The minimum absolute atomic E-state index is 0.448. The molecule has 0 radical (unpaired) electrons. The molecule has 2 aromatic carbocycles. The van der Waals surface area contributed by atoms with E-state index in [4.69, 9.17) is 14.2 Å². The van der Waals surface area contributed by atoms with Gasteiger partial charge in [-0.2, -0.15) is 0 Å². The Morgan fingerprint density at radius 2 is 1.68 bits per heavy atom. The number of carboxylic acid groups (broad SMARTS) is 1. The van der Waals surface area contributed by atoms with Crippen LogP contribution in [0.1, 0.15) is 30.9 Å². The van der Waals surface area contributed by atoms with Crippen LogP contribution in [0.2, 0.25) is 0 Å². The molecule has 0 saturated carbocycles. The summed E-state index contributed by atoms with van der Waals surface area (Å²) in [5.41, 5.74) is 0.741. The molecule has 1 saturated heterocycles. The van der Waals surface area contributed by atoms with E-state index in [0.717, 1.165) is 30.9 Å². The lowest BCUT2D eigenvalue weighted by atomic mass is 10.0. The van der Waals surface area contributed by atoms with Crippen molar-refractivity contribution in [2.45, 2.75) is 31.5 Å². The van der Waals surface area contributed by atoms with E-state index >= 15 is 0 Å². The first-order valence-corrected chi connectivity index (χ1v) is 9.81. The summed E-state index contributed by atoms with van der Waals surface area (Å²) >= 11 is 0. The molecule has 1 N–H and O–H groups in total. The third kappa shape index (κ3) is 4.22. The van der Waals surface area contributed by atoms with Gasteiger partial charge in [0, 0.05) is 6.54 Å². The standard InChI is InChI=1S/C22H25NO5/c24-22(25)21-20(27-18-6-2-3-7-19(18)28-21)16-8-10-17(11-9-16)26-15-14-23-12-4-1-5-13-23/h2-3,6-11,20-21H,1,4-5,12-15H2,(H,24,25). The number of likely N-dealkylation sites (tertiary alicyclic amines) is 1. The van der Waals surface area contributed by atoms with Crippen molar-refractivity contribution in [2.24, 2.45) is 0 Å². The summed E-state index contributed by atoms with van der Waals surface area (Å²) in [7, 11) is 0. The highest BCUT2D eigenvalue weighted by atomic mass is 16.6. The molecule has 0 spiro atoms. The Kier molecular flexibility index (Phi) is 5.67. The summed E-state index contributed by atoms with van der Waals surface area (Å²) in [6, 6.07) is 14.5. The predicted octanol–water partition coefficient (Wildman–Crippen LogP) is 3.52. The van der Waals surface area contributed by atoms with Gasteiger partial charge in [-0.1, -0.05) is 30.7 Å². The number of rotatable bonds is 6. The highest BCUT2D eigenvalue weighted by Crippen LogP contribution is 2.39. The lowest BCUT2D eigenvalue weighted by molar-refractivity contribution is -0.151. The zero-order valence-corrected chi connectivity index (χ0v) is 15.8. The summed E-state index contributed by atoms with van der Waals surface area (Å²) < 4.78 is 17.5. The van der Waals surface area contributed by atoms with Gasteiger partial charge < -0.3 is 19.3 Å². The van der Waals surface area contributed by atoms with Gasteiger partial charge in [-0.3, -0.25) is 4.90 Å². The monoisotopic (exact) mass is 383 g/mol. The molecule has 6 nitrogen and oxygen atoms in total. The first-order chi connectivity index (χ1) is 13.7. The smallest absolute Gasteiger partial charge is 0.349 e. The van der Waals surface area contributed by atoms with Gasteiger partial charge in [0.25, 0.3) is 0 Å². The van der Waals surface area contributed by atoms with E-state index < -0.39 is 18.2 Å². The Morgan fingerprint density at radius 3 is 2.36 bits per heavy atom. The second-order valence-electron chi connectivity index (χ2n) is 7.18. The molecular formula is C22H25NO5. The number of hydrogen-bond donors (Lipinski definition) is 1. The number of aliphatic carboxylic acids is 1. The molecule has 2 unspecified atom stereocenters. The molecule has 28 heavy (non-hydrogen) atoms. The van der Waals surface area contributed by atoms with Crippen LogP contribution in [0.15, 0.2) is 48.5 Å². The number of nitrogens with zero attached hydrogens (tertiary/aromatic N) is 1. The van der Waals surface area contributed by atoms with E-state index in [1.807, 2.05) is 30.3 Å².